The van der Waals surface area contributed by atoms with E-state index in [0.29, 0.717) is 6.42 Å². The van der Waals surface area contributed by atoms with E-state index in [0.717, 1.165) is 38.5 Å². The van der Waals surface area contributed by atoms with Gasteiger partial charge < -0.3 is 5.11 Å². The Hall–Kier alpha value is -0.600. The van der Waals surface area contributed by atoms with E-state index in [-0.39, 0.29) is 12.6 Å². The van der Waals surface area contributed by atoms with Gasteiger partial charge in [0, 0.05) is 0 Å². The molecule has 2 nitrogen and oxygen atoms in total. The highest BCUT2D eigenvalue weighted by molar-refractivity contribution is 5.69. The van der Waals surface area contributed by atoms with E-state index in [1.54, 1.807) is 0 Å². The van der Waals surface area contributed by atoms with Crippen molar-refractivity contribution in [1.29, 1.82) is 0 Å². The molecule has 0 saturated carbocycles. The van der Waals surface area contributed by atoms with Crippen LogP contribution >= 0.6 is 0 Å². The van der Waals surface area contributed by atoms with Crippen LogP contribution in [0.15, 0.2) is 0 Å². The second-order valence-corrected chi connectivity index (χ2v) is 7.96. The minimum atomic E-state index is -0.644. The first-order valence-corrected chi connectivity index (χ1v) is 11.5. The fourth-order valence-electron chi connectivity index (χ4n) is 3.64. The molecule has 0 saturated heterocycles. The van der Waals surface area contributed by atoms with Crippen LogP contribution in [0, 0.1) is 5.92 Å². The number of carbonyl (C=O) groups is 1. The molecular weight excluding hydrogens is 327 g/mol. The molecule has 0 aromatic heterocycles. The van der Waals surface area contributed by atoms with Crippen molar-refractivity contribution < 1.29 is 14.3 Å². The van der Waals surface area contributed by atoms with E-state index < -0.39 is 5.97 Å². The normalized spacial score (nSPS) is 12.4. The molecule has 0 aromatic rings. The molecule has 0 radical (unpaired) electrons. The third-order valence-corrected chi connectivity index (χ3v) is 5.44. The molecule has 1 atom stereocenters. The molecule has 1 N–H and O–H groups in total. The number of carboxylic acids is 1. The average molecular weight is 373 g/mol. The fraction of sp³-hybridized carbons (Fsp3) is 0.957. The van der Waals surface area contributed by atoms with Gasteiger partial charge in [-0.15, -0.1) is 0 Å². The number of unbranched alkanes of at least 4 members (excludes halogenated alkanes) is 15. The lowest BCUT2D eigenvalue weighted by Gasteiger charge is -2.12. The molecule has 0 aliphatic carbocycles. The highest BCUT2D eigenvalue weighted by atomic mass is 19.1. The summed E-state index contributed by atoms with van der Waals surface area (Å²) in [4.78, 5) is 11.3. The van der Waals surface area contributed by atoms with Crippen molar-refractivity contribution in [3.8, 4) is 0 Å². The maximum absolute atomic E-state index is 12.0. The highest BCUT2D eigenvalue weighted by Gasteiger charge is 2.16. The number of rotatable bonds is 21. The predicted octanol–water partition coefficient (Wildman–Crippen LogP) is 8.09. The third kappa shape index (κ3) is 18.2. The van der Waals surface area contributed by atoms with Crippen LogP contribution in [0.3, 0.4) is 0 Å². The number of alkyl halides is 1. The molecule has 0 amide bonds. The Balaban J connectivity index is 3.38. The smallest absolute Gasteiger partial charge is 0.306 e. The molecule has 0 aromatic carbocycles. The number of hydrogen-bond acceptors (Lipinski definition) is 1. The molecule has 0 rings (SSSR count). The largest absolute Gasteiger partial charge is 0.481 e. The minimum absolute atomic E-state index is 0.187. The van der Waals surface area contributed by atoms with Gasteiger partial charge in [-0.2, -0.15) is 0 Å². The SMILES string of the molecule is CCCCCCCCCCCCCCCC(CCCCCCF)C(=O)O. The van der Waals surface area contributed by atoms with Crippen LogP contribution in [0.2, 0.25) is 0 Å². The Labute approximate surface area is 162 Å². The van der Waals surface area contributed by atoms with Crippen LogP contribution in [0.25, 0.3) is 0 Å². The zero-order chi connectivity index (χ0) is 19.3. The molecule has 26 heavy (non-hydrogen) atoms. The molecule has 3 heteroatoms. The van der Waals surface area contributed by atoms with Gasteiger partial charge in [0.1, 0.15) is 0 Å². The molecule has 0 heterocycles. The molecular formula is C23H45FO2. The molecule has 1 unspecified atom stereocenters. The van der Waals surface area contributed by atoms with E-state index in [4.69, 9.17) is 0 Å². The molecule has 0 fully saturated rings. The van der Waals surface area contributed by atoms with Gasteiger partial charge in [-0.1, -0.05) is 110 Å². The van der Waals surface area contributed by atoms with Crippen molar-refractivity contribution in [2.45, 2.75) is 129 Å². The van der Waals surface area contributed by atoms with Gasteiger partial charge in [0.2, 0.25) is 0 Å². The van der Waals surface area contributed by atoms with E-state index in [9.17, 15) is 14.3 Å². The van der Waals surface area contributed by atoms with Crippen molar-refractivity contribution in [2.75, 3.05) is 6.67 Å². The van der Waals surface area contributed by atoms with Crippen LogP contribution in [-0.4, -0.2) is 17.8 Å². The van der Waals surface area contributed by atoms with E-state index >= 15 is 0 Å². The molecule has 0 bridgehead atoms. The Morgan fingerprint density at radius 2 is 1.00 bits per heavy atom. The summed E-state index contributed by atoms with van der Waals surface area (Å²) < 4.78 is 12.0. The Morgan fingerprint density at radius 1 is 0.654 bits per heavy atom. The summed E-state index contributed by atoms with van der Waals surface area (Å²) in [7, 11) is 0. The maximum atomic E-state index is 12.0. The van der Waals surface area contributed by atoms with Gasteiger partial charge in [0.15, 0.2) is 0 Å². The van der Waals surface area contributed by atoms with Gasteiger partial charge in [-0.05, 0) is 19.3 Å². The summed E-state index contributed by atoms with van der Waals surface area (Å²) in [5.41, 5.74) is 0. The lowest BCUT2D eigenvalue weighted by atomic mass is 9.94. The number of aliphatic carboxylic acids is 1. The highest BCUT2D eigenvalue weighted by Crippen LogP contribution is 2.19. The maximum Gasteiger partial charge on any atom is 0.306 e. The fourth-order valence-corrected chi connectivity index (χ4v) is 3.64. The lowest BCUT2D eigenvalue weighted by molar-refractivity contribution is -0.142. The van der Waals surface area contributed by atoms with Crippen molar-refractivity contribution in [3.63, 3.8) is 0 Å². The minimum Gasteiger partial charge on any atom is -0.481 e. The second-order valence-electron chi connectivity index (χ2n) is 7.96. The zero-order valence-corrected chi connectivity index (χ0v) is 17.5. The van der Waals surface area contributed by atoms with Gasteiger partial charge >= 0.3 is 5.97 Å². The summed E-state index contributed by atoms with van der Waals surface area (Å²) in [6.45, 7) is 2.01. The van der Waals surface area contributed by atoms with Crippen LogP contribution in [0.5, 0.6) is 0 Å². The Bertz CT molecular complexity index is 294. The number of hydrogen-bond donors (Lipinski definition) is 1. The quantitative estimate of drug-likeness (QED) is 0.207. The molecule has 0 aliphatic heterocycles. The summed E-state index contributed by atoms with van der Waals surface area (Å²) >= 11 is 0. The van der Waals surface area contributed by atoms with E-state index in [2.05, 4.69) is 6.92 Å². The molecule has 0 spiro atoms. The molecule has 0 aliphatic rings. The number of halogens is 1. The first kappa shape index (κ1) is 25.4. The van der Waals surface area contributed by atoms with Crippen LogP contribution in [0.4, 0.5) is 4.39 Å². The first-order valence-electron chi connectivity index (χ1n) is 11.5. The second kappa shape index (κ2) is 20.7. The summed E-state index contributed by atoms with van der Waals surface area (Å²) in [5, 5.41) is 9.31. The van der Waals surface area contributed by atoms with Crippen LogP contribution < -0.4 is 0 Å². The van der Waals surface area contributed by atoms with Crippen molar-refractivity contribution >= 4 is 5.97 Å². The predicted molar refractivity (Wildman–Crippen MR) is 110 cm³/mol. The van der Waals surface area contributed by atoms with E-state index in [1.807, 2.05) is 0 Å². The topological polar surface area (TPSA) is 37.3 Å². The average Bonchev–Trinajstić information content (AvgIpc) is 2.63. The van der Waals surface area contributed by atoms with Gasteiger partial charge in [-0.25, -0.2) is 0 Å². The van der Waals surface area contributed by atoms with Crippen LogP contribution in [0.1, 0.15) is 129 Å². The monoisotopic (exact) mass is 372 g/mol. The number of carboxylic acid groups (broad SMARTS) is 1. The van der Waals surface area contributed by atoms with Gasteiger partial charge in [0.25, 0.3) is 0 Å². The van der Waals surface area contributed by atoms with Gasteiger partial charge in [0.05, 0.1) is 12.6 Å². The Morgan fingerprint density at radius 3 is 1.35 bits per heavy atom. The van der Waals surface area contributed by atoms with Crippen molar-refractivity contribution in [1.82, 2.24) is 0 Å². The summed E-state index contributed by atoms with van der Waals surface area (Å²) in [6, 6.07) is 0. The third-order valence-electron chi connectivity index (χ3n) is 5.44. The molecule has 156 valence electrons. The standard InChI is InChI=1S/C23H45FO2/c1-2-3-4-5-6-7-8-9-10-11-12-13-16-19-22(23(25)26)20-17-14-15-18-21-24/h22H,2-21H2,1H3,(H,25,26). The van der Waals surface area contributed by atoms with Crippen LogP contribution in [-0.2, 0) is 4.79 Å². The van der Waals surface area contributed by atoms with Gasteiger partial charge in [-0.3, -0.25) is 9.18 Å². The zero-order valence-electron chi connectivity index (χ0n) is 17.5. The van der Waals surface area contributed by atoms with Crippen molar-refractivity contribution in [3.05, 3.63) is 0 Å². The van der Waals surface area contributed by atoms with Crippen molar-refractivity contribution in [2.24, 2.45) is 5.92 Å². The summed E-state index contributed by atoms with van der Waals surface area (Å²) in [6.07, 6.45) is 22.2. The summed E-state index contributed by atoms with van der Waals surface area (Å²) in [5.74, 6) is -0.831. The first-order chi connectivity index (χ1) is 12.7. The lowest BCUT2D eigenvalue weighted by Crippen LogP contribution is -2.13. The van der Waals surface area contributed by atoms with E-state index in [1.165, 1.54) is 77.0 Å². The Kier molecular flexibility index (Phi) is 20.2.